The number of carbonyl (C=O) groups is 1. The smallest absolute Gasteiger partial charge is 0.217 e. The van der Waals surface area contributed by atoms with E-state index in [4.69, 9.17) is 0 Å². The van der Waals surface area contributed by atoms with E-state index in [1.165, 1.54) is 44.9 Å². The Labute approximate surface area is 142 Å². The molecule has 4 heteroatoms. The fourth-order valence-corrected chi connectivity index (χ4v) is 3.21. The third-order valence-electron chi connectivity index (χ3n) is 4.76. The first-order valence-electron chi connectivity index (χ1n) is 9.34. The van der Waals surface area contributed by atoms with Crippen molar-refractivity contribution in [3.8, 4) is 0 Å². The molecule has 4 nitrogen and oxygen atoms in total. The number of rotatable bonds is 12. The molecular formula is C19H36N3O+. The highest BCUT2D eigenvalue weighted by molar-refractivity contribution is 5.72. The number of unbranched alkanes of at least 4 members (excludes halogenated alkanes) is 4. The van der Waals surface area contributed by atoms with E-state index >= 15 is 0 Å². The van der Waals surface area contributed by atoms with Gasteiger partial charge in [-0.15, -0.1) is 0 Å². The summed E-state index contributed by atoms with van der Waals surface area (Å²) in [7, 11) is 0. The molecule has 0 saturated carbocycles. The normalized spacial score (nSPS) is 23.3. The molecule has 0 aliphatic carbocycles. The van der Waals surface area contributed by atoms with E-state index in [1.54, 1.807) is 6.92 Å². The maximum absolute atomic E-state index is 11.1. The monoisotopic (exact) mass is 322 g/mol. The van der Waals surface area contributed by atoms with Gasteiger partial charge in [0.2, 0.25) is 5.91 Å². The van der Waals surface area contributed by atoms with Crippen molar-refractivity contribution in [3.63, 3.8) is 0 Å². The van der Waals surface area contributed by atoms with Crippen LogP contribution in [0.4, 0.5) is 0 Å². The van der Waals surface area contributed by atoms with Crippen molar-refractivity contribution >= 4 is 5.91 Å². The number of carbonyl (C=O) groups excluding carboxylic acids is 1. The van der Waals surface area contributed by atoms with Crippen LogP contribution < -0.4 is 10.6 Å². The second kappa shape index (κ2) is 11.3. The van der Waals surface area contributed by atoms with Crippen LogP contribution in [0.1, 0.15) is 65.7 Å². The fourth-order valence-electron chi connectivity index (χ4n) is 3.21. The van der Waals surface area contributed by atoms with Gasteiger partial charge >= 0.3 is 0 Å². The summed E-state index contributed by atoms with van der Waals surface area (Å²) < 4.78 is 0.937. The Morgan fingerprint density at radius 2 is 1.96 bits per heavy atom. The maximum atomic E-state index is 11.1. The third-order valence-corrected chi connectivity index (χ3v) is 4.76. The molecule has 1 amide bonds. The highest BCUT2D eigenvalue weighted by Crippen LogP contribution is 2.22. The van der Waals surface area contributed by atoms with Crippen molar-refractivity contribution in [3.05, 3.63) is 24.6 Å². The van der Waals surface area contributed by atoms with Gasteiger partial charge in [0.1, 0.15) is 12.7 Å². The van der Waals surface area contributed by atoms with Crippen LogP contribution in [0.3, 0.4) is 0 Å². The molecule has 0 spiro atoms. The molecule has 132 valence electrons. The van der Waals surface area contributed by atoms with Gasteiger partial charge in [0, 0.05) is 13.3 Å². The molecule has 1 rings (SSSR count). The Balaban J connectivity index is 2.28. The SMILES string of the molecule is CCCC/C=C/CCCCC1NC=C[N+]1(CC)CCNC(C)=O. The lowest BCUT2D eigenvalue weighted by Crippen LogP contribution is -2.55. The number of likely N-dealkylation sites (N-methyl/N-ethyl adjacent to an activating group) is 1. The molecule has 23 heavy (non-hydrogen) atoms. The van der Waals surface area contributed by atoms with E-state index in [0.29, 0.717) is 6.17 Å². The molecule has 0 aromatic rings. The molecule has 0 fully saturated rings. The van der Waals surface area contributed by atoms with Crippen LogP contribution in [-0.4, -0.2) is 36.2 Å². The molecular weight excluding hydrogens is 286 g/mol. The van der Waals surface area contributed by atoms with Crippen molar-refractivity contribution in [2.24, 2.45) is 0 Å². The highest BCUT2D eigenvalue weighted by atomic mass is 16.1. The van der Waals surface area contributed by atoms with Gasteiger partial charge in [-0.1, -0.05) is 31.9 Å². The van der Waals surface area contributed by atoms with Crippen LogP contribution in [-0.2, 0) is 4.79 Å². The predicted octanol–water partition coefficient (Wildman–Crippen LogP) is 3.67. The number of nitrogens with zero attached hydrogens (tertiary/aromatic N) is 1. The standard InChI is InChI=1S/C19H35N3O/c1-4-6-7-8-9-10-11-12-13-19-21-15-17-22(19,5-2)16-14-20-18(3)23/h8-9,15,17,19,21H,4-7,10-14,16H2,1-3H3/p+1/b9-8+. The van der Waals surface area contributed by atoms with Crippen LogP contribution in [0, 0.1) is 0 Å². The predicted molar refractivity (Wildman–Crippen MR) is 97.5 cm³/mol. The fraction of sp³-hybridized carbons (Fsp3) is 0.737. The molecule has 0 aromatic heterocycles. The Morgan fingerprint density at radius 3 is 2.61 bits per heavy atom. The molecule has 0 radical (unpaired) electrons. The summed E-state index contributed by atoms with van der Waals surface area (Å²) in [6.45, 7) is 8.81. The number of nitrogens with one attached hydrogen (secondary N) is 2. The van der Waals surface area contributed by atoms with Gasteiger partial charge in [0.15, 0.2) is 6.17 Å². The van der Waals surface area contributed by atoms with Crippen LogP contribution in [0.15, 0.2) is 24.6 Å². The first-order chi connectivity index (χ1) is 11.1. The van der Waals surface area contributed by atoms with Crippen LogP contribution in [0.5, 0.6) is 0 Å². The van der Waals surface area contributed by atoms with Gasteiger partial charge in [0.25, 0.3) is 0 Å². The largest absolute Gasteiger partial charge is 0.351 e. The minimum Gasteiger partial charge on any atom is -0.351 e. The number of hydrogen-bond acceptors (Lipinski definition) is 2. The van der Waals surface area contributed by atoms with Gasteiger partial charge in [-0.05, 0) is 32.6 Å². The Bertz CT molecular complexity index is 392. The Hall–Kier alpha value is -1.29. The van der Waals surface area contributed by atoms with Crippen molar-refractivity contribution in [2.75, 3.05) is 19.6 Å². The van der Waals surface area contributed by atoms with Crippen LogP contribution in [0.2, 0.25) is 0 Å². The van der Waals surface area contributed by atoms with Crippen LogP contribution in [0.25, 0.3) is 0 Å². The van der Waals surface area contributed by atoms with Gasteiger partial charge in [-0.3, -0.25) is 9.28 Å². The summed E-state index contributed by atoms with van der Waals surface area (Å²) in [6, 6.07) is 0. The Morgan fingerprint density at radius 1 is 1.22 bits per heavy atom. The lowest BCUT2D eigenvalue weighted by Gasteiger charge is -2.37. The van der Waals surface area contributed by atoms with Gasteiger partial charge in [-0.2, -0.15) is 0 Å². The summed E-state index contributed by atoms with van der Waals surface area (Å²) in [4.78, 5) is 11.1. The van der Waals surface area contributed by atoms with E-state index < -0.39 is 0 Å². The zero-order valence-corrected chi connectivity index (χ0v) is 15.3. The molecule has 1 heterocycles. The number of hydrogen-bond donors (Lipinski definition) is 2. The lowest BCUT2D eigenvalue weighted by atomic mass is 10.1. The van der Waals surface area contributed by atoms with E-state index in [0.717, 1.165) is 24.1 Å². The zero-order valence-electron chi connectivity index (χ0n) is 15.3. The minimum atomic E-state index is 0.0572. The van der Waals surface area contributed by atoms with E-state index in [1.807, 2.05) is 0 Å². The first-order valence-corrected chi connectivity index (χ1v) is 9.34. The van der Waals surface area contributed by atoms with Crippen molar-refractivity contribution in [1.29, 1.82) is 0 Å². The quantitative estimate of drug-likeness (QED) is 0.327. The molecule has 0 aromatic carbocycles. The third kappa shape index (κ3) is 7.21. The van der Waals surface area contributed by atoms with Crippen LogP contribution >= 0.6 is 0 Å². The summed E-state index contributed by atoms with van der Waals surface area (Å²) >= 11 is 0. The molecule has 2 N–H and O–H groups in total. The average molecular weight is 323 g/mol. The Kier molecular flexibility index (Phi) is 9.69. The molecule has 1 aliphatic heterocycles. The van der Waals surface area contributed by atoms with Gasteiger partial charge < -0.3 is 10.6 Å². The zero-order chi connectivity index (χ0) is 17.0. The van der Waals surface area contributed by atoms with Crippen molar-refractivity contribution < 1.29 is 9.28 Å². The van der Waals surface area contributed by atoms with E-state index in [2.05, 4.69) is 49.0 Å². The van der Waals surface area contributed by atoms with Crippen molar-refractivity contribution in [1.82, 2.24) is 10.6 Å². The molecule has 2 atom stereocenters. The summed E-state index contributed by atoms with van der Waals surface area (Å²) in [5.74, 6) is 0.0572. The summed E-state index contributed by atoms with van der Waals surface area (Å²) in [5.41, 5.74) is 0. The molecule has 0 bridgehead atoms. The number of allylic oxidation sites excluding steroid dienone is 2. The second-order valence-corrected chi connectivity index (χ2v) is 6.52. The number of amides is 1. The lowest BCUT2D eigenvalue weighted by molar-refractivity contribution is -0.898. The average Bonchev–Trinajstić information content (AvgIpc) is 2.93. The van der Waals surface area contributed by atoms with Gasteiger partial charge in [-0.25, -0.2) is 0 Å². The molecule has 0 saturated heterocycles. The first kappa shape index (κ1) is 19.8. The highest BCUT2D eigenvalue weighted by Gasteiger charge is 2.35. The maximum Gasteiger partial charge on any atom is 0.217 e. The molecule has 2 unspecified atom stereocenters. The minimum absolute atomic E-state index is 0.0572. The summed E-state index contributed by atoms with van der Waals surface area (Å²) in [6.07, 6.45) is 18.2. The van der Waals surface area contributed by atoms with E-state index in [9.17, 15) is 4.79 Å². The van der Waals surface area contributed by atoms with E-state index in [-0.39, 0.29) is 5.91 Å². The van der Waals surface area contributed by atoms with Crippen molar-refractivity contribution in [2.45, 2.75) is 71.9 Å². The molecule has 1 aliphatic rings. The topological polar surface area (TPSA) is 41.1 Å². The second-order valence-electron chi connectivity index (χ2n) is 6.52. The number of quaternary nitrogens is 1. The van der Waals surface area contributed by atoms with Gasteiger partial charge in [0.05, 0.1) is 19.3 Å². The summed E-state index contributed by atoms with van der Waals surface area (Å²) in [5, 5.41) is 6.44.